The average Bonchev–Trinajstić information content (AvgIpc) is 3.33. The van der Waals surface area contributed by atoms with E-state index >= 15 is 0 Å². The van der Waals surface area contributed by atoms with Crippen LogP contribution < -0.4 is 16.9 Å². The van der Waals surface area contributed by atoms with Crippen LogP contribution in [0.1, 0.15) is 47.4 Å². The Labute approximate surface area is 212 Å². The van der Waals surface area contributed by atoms with Crippen molar-refractivity contribution < 1.29 is 23.2 Å². The lowest BCUT2D eigenvalue weighted by atomic mass is 9.81. The highest BCUT2D eigenvalue weighted by Gasteiger charge is 2.30. The van der Waals surface area contributed by atoms with Crippen molar-refractivity contribution in [3.05, 3.63) is 69.6 Å². The number of nitrogens with zero attached hydrogens (tertiary/aromatic N) is 3. The maximum atomic E-state index is 13.8. The highest BCUT2D eigenvalue weighted by molar-refractivity contribution is 6.02. The van der Waals surface area contributed by atoms with Gasteiger partial charge in [0.1, 0.15) is 30.3 Å². The van der Waals surface area contributed by atoms with Gasteiger partial charge in [-0.3, -0.25) is 25.5 Å². The van der Waals surface area contributed by atoms with Gasteiger partial charge in [0.05, 0.1) is 6.42 Å². The molecule has 2 aliphatic rings. The maximum Gasteiger partial charge on any atom is 0.326 e. The van der Waals surface area contributed by atoms with E-state index in [1.165, 1.54) is 12.1 Å². The molecule has 1 fully saturated rings. The van der Waals surface area contributed by atoms with E-state index in [0.29, 0.717) is 16.7 Å². The summed E-state index contributed by atoms with van der Waals surface area (Å²) >= 11 is 0. The second kappa shape index (κ2) is 13.7. The number of hydrazone groups is 1. The first-order valence-corrected chi connectivity index (χ1v) is 11.1. The summed E-state index contributed by atoms with van der Waals surface area (Å²) in [4.78, 5) is 44.7. The van der Waals surface area contributed by atoms with Crippen molar-refractivity contribution in [1.29, 1.82) is 0 Å². The lowest BCUT2D eigenvalue weighted by Gasteiger charge is -2.22. The Kier molecular flexibility index (Phi) is 10.7. The third-order valence-electron chi connectivity index (χ3n) is 5.29. The normalized spacial score (nSPS) is 15.4. The number of carbonyl (C=O) groups is 3. The average molecular weight is 515 g/mol. The van der Waals surface area contributed by atoms with Crippen LogP contribution in [0.2, 0.25) is 0 Å². The molecular formula is C25H28F2N6O4. The quantitative estimate of drug-likeness (QED) is 0.182. The number of halogens is 2. The molecule has 0 spiro atoms. The van der Waals surface area contributed by atoms with Gasteiger partial charge >= 0.3 is 6.05 Å². The zero-order valence-corrected chi connectivity index (χ0v) is 20.1. The summed E-state index contributed by atoms with van der Waals surface area (Å²) < 4.78 is 27.5. The predicted octanol–water partition coefficient (Wildman–Crippen LogP) is 3.19. The van der Waals surface area contributed by atoms with Crippen molar-refractivity contribution in [3.8, 4) is 0 Å². The van der Waals surface area contributed by atoms with Gasteiger partial charge in [0.2, 0.25) is 6.41 Å². The number of rotatable bonds is 5. The molecular weight excluding hydrogens is 486 g/mol. The van der Waals surface area contributed by atoms with Crippen LogP contribution in [0, 0.1) is 4.91 Å². The Hall–Kier alpha value is -4.32. The Morgan fingerprint density at radius 1 is 1.11 bits per heavy atom. The molecule has 1 amide bonds. The SMILES string of the molecule is CN1C=NNC1.NC(F)(F)c1cc(/C=C/c2cccc(N=O)c2)cc(C2CC(=O)CC(=O)C2)c1.NC=O. The molecule has 0 bridgehead atoms. The molecule has 1 aliphatic heterocycles. The number of benzene rings is 2. The molecule has 12 heteroatoms. The monoisotopic (exact) mass is 514 g/mol. The molecule has 0 saturated heterocycles. The van der Waals surface area contributed by atoms with Gasteiger partial charge in [-0.25, -0.2) is 0 Å². The number of carbonyl (C=O) groups excluding carboxylic acids is 3. The molecule has 0 aromatic heterocycles. The second-order valence-corrected chi connectivity index (χ2v) is 8.34. The highest BCUT2D eigenvalue weighted by Crippen LogP contribution is 2.33. The first kappa shape index (κ1) is 28.9. The molecule has 2 aromatic rings. The lowest BCUT2D eigenvalue weighted by molar-refractivity contribution is -0.130. The number of nitrogens with two attached hydrogens (primary N) is 2. The van der Waals surface area contributed by atoms with Gasteiger partial charge in [-0.1, -0.05) is 30.4 Å². The summed E-state index contributed by atoms with van der Waals surface area (Å²) in [7, 11) is 1.96. The molecule has 4 rings (SSSR count). The molecule has 37 heavy (non-hydrogen) atoms. The van der Waals surface area contributed by atoms with E-state index in [1.807, 2.05) is 11.9 Å². The number of hydrogen-bond acceptors (Lipinski definition) is 9. The van der Waals surface area contributed by atoms with E-state index in [9.17, 15) is 23.3 Å². The number of amides is 1. The first-order chi connectivity index (χ1) is 17.5. The Morgan fingerprint density at radius 2 is 1.76 bits per heavy atom. The minimum Gasteiger partial charge on any atom is -0.372 e. The zero-order valence-electron chi connectivity index (χ0n) is 20.1. The van der Waals surface area contributed by atoms with Crippen LogP contribution in [0.25, 0.3) is 12.2 Å². The lowest BCUT2D eigenvalue weighted by Crippen LogP contribution is -2.26. The topological polar surface area (TPSA) is 160 Å². The molecule has 1 heterocycles. The van der Waals surface area contributed by atoms with Gasteiger partial charge in [-0.2, -0.15) is 13.9 Å². The fourth-order valence-corrected chi connectivity index (χ4v) is 3.63. The van der Waals surface area contributed by atoms with Crippen LogP contribution in [-0.2, 0) is 20.4 Å². The summed E-state index contributed by atoms with van der Waals surface area (Å²) in [5.41, 5.74) is 13.4. The number of nitroso groups, excluding NO2 is 1. The minimum atomic E-state index is -3.55. The van der Waals surface area contributed by atoms with Crippen molar-refractivity contribution in [3.63, 3.8) is 0 Å². The second-order valence-electron chi connectivity index (χ2n) is 8.34. The minimum absolute atomic E-state index is 0.100. The van der Waals surface area contributed by atoms with Crippen molar-refractivity contribution in [2.45, 2.75) is 31.2 Å². The molecule has 196 valence electrons. The predicted molar refractivity (Wildman–Crippen MR) is 136 cm³/mol. The standard InChI is InChI=1S/C21H18F2N2O3.C3H7N3.CH3NO/c22-21(23,24)17-7-14(5-4-13-2-1-3-18(8-13)25-28)6-15(9-17)16-10-19(26)12-20(27)11-16;1-6-2-4-5-3-6;2-1-3/h1-9,16H,10-12,24H2;2,5H,3H2,1H3;1H,(H2,2,3)/b5-4+;;. The molecule has 0 radical (unpaired) electrons. The Bertz CT molecular complexity index is 1160. The molecule has 1 aliphatic carbocycles. The zero-order chi connectivity index (χ0) is 27.4. The summed E-state index contributed by atoms with van der Waals surface area (Å²) in [6, 6.07) is 7.14. The number of ketones is 2. The molecule has 2 aromatic carbocycles. The highest BCUT2D eigenvalue weighted by atomic mass is 19.3. The number of nitrogens with one attached hydrogen (secondary N) is 1. The number of alkyl halides is 2. The Balaban J connectivity index is 0.000000454. The van der Waals surface area contributed by atoms with E-state index in [-0.39, 0.29) is 42.9 Å². The summed E-state index contributed by atoms with van der Waals surface area (Å²) in [6.45, 7) is 0.847. The van der Waals surface area contributed by atoms with Gasteiger partial charge in [0.15, 0.2) is 0 Å². The number of Topliss-reactive ketones (excluding diaryl/α,β-unsaturated/α-hetero) is 2. The van der Waals surface area contributed by atoms with Crippen LogP contribution in [0.3, 0.4) is 0 Å². The van der Waals surface area contributed by atoms with Crippen LogP contribution in [0.5, 0.6) is 0 Å². The smallest absolute Gasteiger partial charge is 0.326 e. The molecule has 0 atom stereocenters. The maximum absolute atomic E-state index is 13.8. The first-order valence-electron chi connectivity index (χ1n) is 11.1. The van der Waals surface area contributed by atoms with E-state index in [0.717, 1.165) is 6.67 Å². The summed E-state index contributed by atoms with van der Waals surface area (Å²) in [5, 5.41) is 6.57. The van der Waals surface area contributed by atoms with Crippen LogP contribution >= 0.6 is 0 Å². The van der Waals surface area contributed by atoms with E-state index in [4.69, 9.17) is 10.5 Å². The van der Waals surface area contributed by atoms with Gasteiger partial charge < -0.3 is 10.6 Å². The van der Waals surface area contributed by atoms with Crippen molar-refractivity contribution in [2.75, 3.05) is 13.7 Å². The largest absolute Gasteiger partial charge is 0.372 e. The molecule has 1 saturated carbocycles. The fourth-order valence-electron chi connectivity index (χ4n) is 3.63. The third kappa shape index (κ3) is 9.68. The van der Waals surface area contributed by atoms with Crippen LogP contribution in [0.15, 0.2) is 52.7 Å². The number of primary amides is 1. The van der Waals surface area contributed by atoms with Crippen molar-refractivity contribution in [1.82, 2.24) is 10.3 Å². The van der Waals surface area contributed by atoms with Crippen molar-refractivity contribution in [2.24, 2.45) is 21.7 Å². The number of hydrogen-bond donors (Lipinski definition) is 3. The molecule has 10 nitrogen and oxygen atoms in total. The third-order valence-corrected chi connectivity index (χ3v) is 5.29. The van der Waals surface area contributed by atoms with Crippen LogP contribution in [0.4, 0.5) is 14.5 Å². The van der Waals surface area contributed by atoms with E-state index < -0.39 is 17.5 Å². The van der Waals surface area contributed by atoms with Gasteiger partial charge in [0.25, 0.3) is 0 Å². The summed E-state index contributed by atoms with van der Waals surface area (Å²) in [6.07, 6.45) is 5.44. The van der Waals surface area contributed by atoms with Crippen molar-refractivity contribution >= 4 is 42.2 Å². The molecule has 0 unspecified atom stereocenters. The van der Waals surface area contributed by atoms with E-state index in [1.54, 1.807) is 48.8 Å². The van der Waals surface area contributed by atoms with E-state index in [2.05, 4.69) is 21.4 Å². The Morgan fingerprint density at radius 3 is 2.27 bits per heavy atom. The van der Waals surface area contributed by atoms with Gasteiger partial charge in [-0.05, 0) is 52.1 Å². The molecule has 5 N–H and O–H groups in total. The summed E-state index contributed by atoms with van der Waals surface area (Å²) in [5.74, 6) is -0.825. The van der Waals surface area contributed by atoms with Gasteiger partial charge in [0, 0.05) is 25.5 Å². The van der Waals surface area contributed by atoms with Gasteiger partial charge in [-0.15, -0.1) is 4.91 Å². The fraction of sp³-hybridized carbons (Fsp3) is 0.280. The van der Waals surface area contributed by atoms with Crippen LogP contribution in [-0.4, -0.2) is 42.9 Å².